The summed E-state index contributed by atoms with van der Waals surface area (Å²) in [5.74, 6) is -1.97. The zero-order valence-corrected chi connectivity index (χ0v) is 20.3. The predicted octanol–water partition coefficient (Wildman–Crippen LogP) is 3.84. The Hall–Kier alpha value is -3.40. The molecule has 8 nitrogen and oxygen atoms in total. The zero-order valence-electron chi connectivity index (χ0n) is 20.3. The van der Waals surface area contributed by atoms with Crippen molar-refractivity contribution in [2.45, 2.75) is 37.6 Å². The van der Waals surface area contributed by atoms with Gasteiger partial charge in [-0.25, -0.2) is 23.7 Å². The molecule has 5 rings (SSSR count). The molecule has 10 heteroatoms. The lowest BCUT2D eigenvalue weighted by Gasteiger charge is -2.37. The number of aromatic nitrogens is 3. The Kier molecular flexibility index (Phi) is 6.95. The first-order valence-electron chi connectivity index (χ1n) is 12.3. The van der Waals surface area contributed by atoms with Gasteiger partial charge in [-0.3, -0.25) is 9.69 Å². The van der Waals surface area contributed by atoms with E-state index >= 15 is 0 Å². The van der Waals surface area contributed by atoms with E-state index in [2.05, 4.69) is 20.2 Å². The lowest BCUT2D eigenvalue weighted by Crippen LogP contribution is -2.45. The summed E-state index contributed by atoms with van der Waals surface area (Å²) in [6, 6.07) is 9.33. The minimum atomic E-state index is -2.66. The van der Waals surface area contributed by atoms with Gasteiger partial charge >= 0.3 is 6.01 Å². The fraction of sp³-hybridized carbons (Fsp3) is 0.462. The summed E-state index contributed by atoms with van der Waals surface area (Å²) in [5, 5.41) is 3.79. The number of nitrogens with one attached hydrogen (secondary N) is 1. The molecule has 1 N–H and O–H groups in total. The molecule has 36 heavy (non-hydrogen) atoms. The van der Waals surface area contributed by atoms with Crippen molar-refractivity contribution in [3.05, 3.63) is 53.9 Å². The second-order valence-electron chi connectivity index (χ2n) is 9.36. The van der Waals surface area contributed by atoms with E-state index in [1.54, 1.807) is 18.5 Å². The van der Waals surface area contributed by atoms with Gasteiger partial charge in [-0.1, -0.05) is 6.07 Å². The first kappa shape index (κ1) is 24.3. The third-order valence-corrected chi connectivity index (χ3v) is 7.03. The number of hydrogen-bond donors (Lipinski definition) is 1. The van der Waals surface area contributed by atoms with Crippen LogP contribution in [0.5, 0.6) is 6.01 Å². The Morgan fingerprint density at radius 3 is 2.50 bits per heavy atom. The maximum atomic E-state index is 13.8. The number of likely N-dealkylation sites (tertiary alicyclic amines) is 1. The Morgan fingerprint density at radius 2 is 1.81 bits per heavy atom. The number of pyridine rings is 1. The molecule has 0 radical (unpaired) electrons. The van der Waals surface area contributed by atoms with Crippen LogP contribution in [0.3, 0.4) is 0 Å². The van der Waals surface area contributed by atoms with E-state index < -0.39 is 5.92 Å². The van der Waals surface area contributed by atoms with Gasteiger partial charge in [-0.05, 0) is 37.1 Å². The summed E-state index contributed by atoms with van der Waals surface area (Å²) in [5.41, 5.74) is 2.03. The van der Waals surface area contributed by atoms with E-state index in [1.165, 1.54) is 7.11 Å². The summed E-state index contributed by atoms with van der Waals surface area (Å²) >= 11 is 0. The number of rotatable bonds is 7. The second-order valence-corrected chi connectivity index (χ2v) is 9.36. The molecule has 190 valence electrons. The number of piperidine rings is 1. The number of halogens is 2. The number of alkyl halides is 2. The summed E-state index contributed by atoms with van der Waals surface area (Å²) in [7, 11) is 1.48. The van der Waals surface area contributed by atoms with Crippen LogP contribution in [-0.2, 0) is 0 Å². The monoisotopic (exact) mass is 496 g/mol. The van der Waals surface area contributed by atoms with E-state index in [0.29, 0.717) is 5.56 Å². The molecule has 2 aliphatic heterocycles. The maximum absolute atomic E-state index is 13.8. The fourth-order valence-corrected chi connectivity index (χ4v) is 4.97. The van der Waals surface area contributed by atoms with Gasteiger partial charge in [0.05, 0.1) is 18.7 Å². The molecule has 0 saturated carbocycles. The fourth-order valence-electron chi connectivity index (χ4n) is 4.97. The number of carbonyl (C=O) groups is 1. The maximum Gasteiger partial charge on any atom is 0.316 e. The average Bonchev–Trinajstić information content (AvgIpc) is 3.44. The summed E-state index contributed by atoms with van der Waals surface area (Å²) in [4.78, 5) is 30.6. The van der Waals surface area contributed by atoms with Gasteiger partial charge in [0.1, 0.15) is 5.82 Å². The van der Waals surface area contributed by atoms with Crippen LogP contribution in [-0.4, -0.2) is 71.5 Å². The van der Waals surface area contributed by atoms with Crippen LogP contribution in [0.25, 0.3) is 10.9 Å². The van der Waals surface area contributed by atoms with Gasteiger partial charge in [-0.2, -0.15) is 0 Å². The van der Waals surface area contributed by atoms with Gasteiger partial charge in [-0.15, -0.1) is 0 Å². The van der Waals surface area contributed by atoms with Crippen molar-refractivity contribution in [2.75, 3.05) is 44.7 Å². The quantitative estimate of drug-likeness (QED) is 0.532. The van der Waals surface area contributed by atoms with Crippen molar-refractivity contribution in [2.24, 2.45) is 0 Å². The zero-order chi connectivity index (χ0) is 25.1. The molecule has 0 bridgehead atoms. The number of hydrogen-bond acceptors (Lipinski definition) is 7. The van der Waals surface area contributed by atoms with Crippen LogP contribution >= 0.6 is 0 Å². The van der Waals surface area contributed by atoms with Crippen LogP contribution in [0.4, 0.5) is 14.6 Å². The smallest absolute Gasteiger partial charge is 0.316 e. The molecule has 2 aromatic heterocycles. The van der Waals surface area contributed by atoms with Crippen LogP contribution in [0.2, 0.25) is 0 Å². The third kappa shape index (κ3) is 5.23. The van der Waals surface area contributed by atoms with Crippen LogP contribution < -0.4 is 15.0 Å². The van der Waals surface area contributed by atoms with Crippen molar-refractivity contribution in [3.8, 4) is 6.01 Å². The average molecular weight is 497 g/mol. The number of amides is 1. The van der Waals surface area contributed by atoms with E-state index in [4.69, 9.17) is 9.72 Å². The first-order chi connectivity index (χ1) is 17.4. The molecule has 2 aliphatic rings. The highest BCUT2D eigenvalue weighted by Gasteiger charge is 2.37. The van der Waals surface area contributed by atoms with Crippen molar-refractivity contribution >= 4 is 22.6 Å². The molecular weight excluding hydrogens is 466 g/mol. The summed E-state index contributed by atoms with van der Waals surface area (Å²) < 4.78 is 32.7. The SMILES string of the molecule is COc1ncc(C(CNC(=O)c2cccc3nc(N4CCCC4)ccc23)N2CCC(F)(F)CC2)cn1. The Labute approximate surface area is 208 Å². The van der Waals surface area contributed by atoms with Gasteiger partial charge in [0.2, 0.25) is 0 Å². The first-order valence-corrected chi connectivity index (χ1v) is 12.3. The molecule has 2 fully saturated rings. The van der Waals surface area contributed by atoms with Gasteiger partial charge in [0.25, 0.3) is 11.8 Å². The number of ether oxygens (including phenoxy) is 1. The molecule has 1 aromatic carbocycles. The lowest BCUT2D eigenvalue weighted by molar-refractivity contribution is -0.0632. The van der Waals surface area contributed by atoms with Crippen LogP contribution in [0, 0.1) is 0 Å². The third-order valence-electron chi connectivity index (χ3n) is 7.03. The minimum Gasteiger partial charge on any atom is -0.467 e. The number of anilines is 1. The Balaban J connectivity index is 1.35. The minimum absolute atomic E-state index is 0.219. The van der Waals surface area contributed by atoms with Crippen molar-refractivity contribution in [3.63, 3.8) is 0 Å². The largest absolute Gasteiger partial charge is 0.467 e. The molecular formula is C26H30F2N6O2. The molecule has 0 spiro atoms. The second kappa shape index (κ2) is 10.3. The van der Waals surface area contributed by atoms with Gasteiger partial charge < -0.3 is 15.0 Å². The molecule has 4 heterocycles. The van der Waals surface area contributed by atoms with E-state index in [9.17, 15) is 13.6 Å². The highest BCUT2D eigenvalue weighted by Crippen LogP contribution is 2.32. The molecule has 1 amide bonds. The number of carbonyl (C=O) groups excluding carboxylic acids is 1. The molecule has 1 unspecified atom stereocenters. The number of benzene rings is 1. The molecule has 1 atom stereocenters. The molecule has 0 aliphatic carbocycles. The van der Waals surface area contributed by atoms with Crippen molar-refractivity contribution < 1.29 is 18.3 Å². The van der Waals surface area contributed by atoms with E-state index in [1.807, 2.05) is 29.2 Å². The molecule has 3 aromatic rings. The normalized spacial score (nSPS) is 18.8. The van der Waals surface area contributed by atoms with Crippen LogP contribution in [0.1, 0.15) is 47.6 Å². The molecule has 2 saturated heterocycles. The highest BCUT2D eigenvalue weighted by molar-refractivity contribution is 6.06. The predicted molar refractivity (Wildman–Crippen MR) is 133 cm³/mol. The van der Waals surface area contributed by atoms with Crippen molar-refractivity contribution in [1.29, 1.82) is 0 Å². The topological polar surface area (TPSA) is 83.5 Å². The highest BCUT2D eigenvalue weighted by atomic mass is 19.3. The lowest BCUT2D eigenvalue weighted by atomic mass is 10.0. The van der Waals surface area contributed by atoms with E-state index in [-0.39, 0.29) is 50.4 Å². The van der Waals surface area contributed by atoms with Crippen LogP contribution in [0.15, 0.2) is 42.7 Å². The summed E-state index contributed by atoms with van der Waals surface area (Å²) in [6.07, 6.45) is 5.13. The summed E-state index contributed by atoms with van der Waals surface area (Å²) in [6.45, 7) is 2.67. The number of fused-ring (bicyclic) bond motifs is 1. The van der Waals surface area contributed by atoms with Crippen molar-refractivity contribution in [1.82, 2.24) is 25.2 Å². The number of methoxy groups -OCH3 is 1. The number of nitrogens with zero attached hydrogens (tertiary/aromatic N) is 5. The Morgan fingerprint density at radius 1 is 1.08 bits per heavy atom. The Bertz CT molecular complexity index is 1210. The van der Waals surface area contributed by atoms with E-state index in [0.717, 1.165) is 48.2 Å². The van der Waals surface area contributed by atoms with Gasteiger partial charge in [0, 0.05) is 74.5 Å². The van der Waals surface area contributed by atoms with Gasteiger partial charge in [0.15, 0.2) is 0 Å². The standard InChI is InChI=1S/C26H30F2N6O2/c1-36-25-30-15-18(16-31-25)22(33-13-9-26(27,28)10-14-33)17-29-24(35)20-5-4-6-21-19(20)7-8-23(32-21)34-11-2-3-12-34/h4-8,15-16,22H,2-3,9-14,17H2,1H3,(H,29,35).